The molecule has 0 bridgehead atoms. The molecule has 21 heavy (non-hydrogen) atoms. The van der Waals surface area contributed by atoms with Crippen molar-refractivity contribution >= 4 is 23.2 Å². The molecule has 0 heterocycles. The molecule has 0 aromatic heterocycles. The molecule has 0 amide bonds. The van der Waals surface area contributed by atoms with Gasteiger partial charge in [0.2, 0.25) is 0 Å². The number of hydrogen-bond acceptors (Lipinski definition) is 2. The predicted molar refractivity (Wildman–Crippen MR) is 87.4 cm³/mol. The van der Waals surface area contributed by atoms with Crippen molar-refractivity contribution in [1.29, 1.82) is 0 Å². The van der Waals surface area contributed by atoms with Crippen LogP contribution < -0.4 is 5.73 Å². The van der Waals surface area contributed by atoms with Crippen LogP contribution >= 0.6 is 23.2 Å². The maximum atomic E-state index is 13.7. The molecule has 1 aliphatic rings. The van der Waals surface area contributed by atoms with E-state index < -0.39 is 5.82 Å². The number of nitrogens with two attached hydrogens (primary N) is 1. The van der Waals surface area contributed by atoms with Crippen LogP contribution in [0.1, 0.15) is 44.2 Å². The van der Waals surface area contributed by atoms with Crippen molar-refractivity contribution in [3.05, 3.63) is 33.6 Å². The highest BCUT2D eigenvalue weighted by molar-refractivity contribution is 6.35. The Labute approximate surface area is 136 Å². The van der Waals surface area contributed by atoms with Crippen molar-refractivity contribution in [1.82, 2.24) is 4.90 Å². The van der Waals surface area contributed by atoms with Crippen LogP contribution in [-0.2, 0) is 0 Å². The van der Waals surface area contributed by atoms with Gasteiger partial charge in [0, 0.05) is 17.1 Å². The van der Waals surface area contributed by atoms with E-state index in [1.165, 1.54) is 31.4 Å². The molecule has 1 aliphatic carbocycles. The maximum Gasteiger partial charge on any atom is 0.142 e. The van der Waals surface area contributed by atoms with E-state index in [0.717, 1.165) is 12.0 Å². The van der Waals surface area contributed by atoms with Crippen LogP contribution in [0, 0.1) is 11.7 Å². The zero-order valence-corrected chi connectivity index (χ0v) is 14.1. The van der Waals surface area contributed by atoms with Crippen molar-refractivity contribution in [3.8, 4) is 0 Å². The Morgan fingerprint density at radius 2 is 1.95 bits per heavy atom. The Balaban J connectivity index is 2.22. The van der Waals surface area contributed by atoms with Gasteiger partial charge in [0.15, 0.2) is 0 Å². The van der Waals surface area contributed by atoms with Gasteiger partial charge in [-0.1, -0.05) is 36.0 Å². The monoisotopic (exact) mass is 332 g/mol. The third-order valence-electron chi connectivity index (χ3n) is 4.80. The number of nitrogens with zero attached hydrogens (tertiary/aromatic N) is 1. The van der Waals surface area contributed by atoms with Gasteiger partial charge in [0.25, 0.3) is 0 Å². The SMILES string of the molecule is CC(c1cc(F)c(Cl)cc1Cl)N(C)C1CCCCC1CN. The standard InChI is InChI=1S/C16H23Cl2FN2/c1-10(12-7-15(19)14(18)8-13(12)17)21(2)16-6-4-3-5-11(16)9-20/h7-8,10-11,16H,3-6,9,20H2,1-2H3. The summed E-state index contributed by atoms with van der Waals surface area (Å²) in [4.78, 5) is 2.28. The normalized spacial score (nSPS) is 24.3. The average Bonchev–Trinajstić information content (AvgIpc) is 2.49. The van der Waals surface area contributed by atoms with E-state index >= 15 is 0 Å². The van der Waals surface area contributed by atoms with Gasteiger partial charge in [0.1, 0.15) is 5.82 Å². The quantitative estimate of drug-likeness (QED) is 0.813. The molecule has 3 unspecified atom stereocenters. The van der Waals surface area contributed by atoms with E-state index in [1.807, 2.05) is 0 Å². The summed E-state index contributed by atoms with van der Waals surface area (Å²) in [5.41, 5.74) is 6.69. The summed E-state index contributed by atoms with van der Waals surface area (Å²) >= 11 is 12.0. The fourth-order valence-electron chi connectivity index (χ4n) is 3.36. The zero-order valence-electron chi connectivity index (χ0n) is 12.6. The Hall–Kier alpha value is -0.350. The third kappa shape index (κ3) is 3.70. The fourth-order valence-corrected chi connectivity index (χ4v) is 3.90. The second-order valence-corrected chi connectivity index (χ2v) is 6.79. The Morgan fingerprint density at radius 1 is 1.29 bits per heavy atom. The van der Waals surface area contributed by atoms with Gasteiger partial charge >= 0.3 is 0 Å². The molecule has 1 fully saturated rings. The molecular formula is C16H23Cl2FN2. The molecule has 1 aromatic carbocycles. The van der Waals surface area contributed by atoms with Crippen molar-refractivity contribution in [2.24, 2.45) is 11.7 Å². The molecule has 1 aromatic rings. The molecule has 2 rings (SSSR count). The van der Waals surface area contributed by atoms with Crippen LogP contribution in [0.4, 0.5) is 4.39 Å². The molecule has 0 spiro atoms. The minimum Gasteiger partial charge on any atom is -0.330 e. The number of halogens is 3. The van der Waals surface area contributed by atoms with Gasteiger partial charge < -0.3 is 5.73 Å². The van der Waals surface area contributed by atoms with Crippen molar-refractivity contribution < 1.29 is 4.39 Å². The van der Waals surface area contributed by atoms with Crippen molar-refractivity contribution in [2.45, 2.75) is 44.7 Å². The van der Waals surface area contributed by atoms with Gasteiger partial charge in [0.05, 0.1) is 5.02 Å². The van der Waals surface area contributed by atoms with E-state index in [1.54, 1.807) is 0 Å². The lowest BCUT2D eigenvalue weighted by molar-refractivity contribution is 0.0988. The Morgan fingerprint density at radius 3 is 2.62 bits per heavy atom. The summed E-state index contributed by atoms with van der Waals surface area (Å²) in [6.45, 7) is 2.75. The van der Waals surface area contributed by atoms with Crippen LogP contribution in [0.15, 0.2) is 12.1 Å². The molecule has 118 valence electrons. The third-order valence-corrected chi connectivity index (χ3v) is 5.41. The lowest BCUT2D eigenvalue weighted by Crippen LogP contribution is -2.44. The minimum absolute atomic E-state index is 0.0291. The largest absolute Gasteiger partial charge is 0.330 e. The van der Waals surface area contributed by atoms with Crippen LogP contribution in [0.5, 0.6) is 0 Å². The van der Waals surface area contributed by atoms with Crippen LogP contribution in [0.3, 0.4) is 0 Å². The predicted octanol–water partition coefficient (Wildman–Crippen LogP) is 4.64. The Kier molecular flexibility index (Phi) is 5.89. The lowest BCUT2D eigenvalue weighted by atomic mass is 9.83. The molecule has 0 radical (unpaired) electrons. The molecule has 2 nitrogen and oxygen atoms in total. The second kappa shape index (κ2) is 7.28. The number of rotatable bonds is 4. The molecule has 5 heteroatoms. The molecule has 1 saturated carbocycles. The van der Waals surface area contributed by atoms with Gasteiger partial charge in [-0.05, 0) is 57.0 Å². The number of benzene rings is 1. The molecule has 3 atom stereocenters. The van der Waals surface area contributed by atoms with Crippen LogP contribution in [0.2, 0.25) is 10.0 Å². The van der Waals surface area contributed by atoms with E-state index in [-0.39, 0.29) is 11.1 Å². The van der Waals surface area contributed by atoms with Crippen LogP contribution in [0.25, 0.3) is 0 Å². The summed E-state index contributed by atoms with van der Waals surface area (Å²) in [7, 11) is 2.08. The van der Waals surface area contributed by atoms with Gasteiger partial charge in [-0.15, -0.1) is 0 Å². The maximum absolute atomic E-state index is 13.7. The smallest absolute Gasteiger partial charge is 0.142 e. The molecular weight excluding hydrogens is 310 g/mol. The highest BCUT2D eigenvalue weighted by Gasteiger charge is 2.30. The Bertz CT molecular complexity index is 495. The summed E-state index contributed by atoms with van der Waals surface area (Å²) in [5, 5.41) is 0.581. The molecule has 0 saturated heterocycles. The molecule has 2 N–H and O–H groups in total. The topological polar surface area (TPSA) is 29.3 Å². The van der Waals surface area contributed by atoms with Crippen molar-refractivity contribution in [3.63, 3.8) is 0 Å². The summed E-state index contributed by atoms with van der Waals surface area (Å²) in [6.07, 6.45) is 4.77. The first-order valence-corrected chi connectivity index (χ1v) is 8.27. The summed E-state index contributed by atoms with van der Waals surface area (Å²) < 4.78 is 13.7. The van der Waals surface area contributed by atoms with Crippen molar-refractivity contribution in [2.75, 3.05) is 13.6 Å². The number of hydrogen-bond donors (Lipinski definition) is 1. The average molecular weight is 333 g/mol. The zero-order chi connectivity index (χ0) is 15.6. The first kappa shape index (κ1) is 17.0. The van der Waals surface area contributed by atoms with E-state index in [2.05, 4.69) is 18.9 Å². The first-order chi connectivity index (χ1) is 9.95. The minimum atomic E-state index is -0.421. The first-order valence-electron chi connectivity index (χ1n) is 7.52. The highest BCUT2D eigenvalue weighted by atomic mass is 35.5. The van der Waals surface area contributed by atoms with Crippen LogP contribution in [-0.4, -0.2) is 24.5 Å². The fraction of sp³-hybridized carbons (Fsp3) is 0.625. The lowest BCUT2D eigenvalue weighted by Gasteiger charge is -2.41. The summed E-state index contributed by atoms with van der Waals surface area (Å²) in [5.74, 6) is 0.0810. The second-order valence-electron chi connectivity index (χ2n) is 5.98. The van der Waals surface area contributed by atoms with E-state index in [9.17, 15) is 4.39 Å². The van der Waals surface area contributed by atoms with Gasteiger partial charge in [-0.3, -0.25) is 4.90 Å². The van der Waals surface area contributed by atoms with E-state index in [0.29, 0.717) is 23.5 Å². The summed E-state index contributed by atoms with van der Waals surface area (Å²) in [6, 6.07) is 3.39. The van der Waals surface area contributed by atoms with Gasteiger partial charge in [-0.25, -0.2) is 4.39 Å². The van der Waals surface area contributed by atoms with Gasteiger partial charge in [-0.2, -0.15) is 0 Å². The molecule has 0 aliphatic heterocycles. The highest BCUT2D eigenvalue weighted by Crippen LogP contribution is 2.35. The van der Waals surface area contributed by atoms with E-state index in [4.69, 9.17) is 28.9 Å².